The number of pyridine rings is 1. The number of hydrogen-bond donors (Lipinski definition) is 2. The van der Waals surface area contributed by atoms with Crippen molar-refractivity contribution in [3.63, 3.8) is 0 Å². The zero-order valence-corrected chi connectivity index (χ0v) is 16.9. The Morgan fingerprint density at radius 1 is 1.07 bits per heavy atom. The van der Waals surface area contributed by atoms with Crippen LogP contribution in [0.15, 0.2) is 64.7 Å². The van der Waals surface area contributed by atoms with Crippen molar-refractivity contribution in [1.29, 1.82) is 0 Å². The summed E-state index contributed by atoms with van der Waals surface area (Å²) in [7, 11) is 0. The van der Waals surface area contributed by atoms with Crippen LogP contribution in [0.1, 0.15) is 5.56 Å². The number of benzene rings is 1. The first-order valence-electron chi connectivity index (χ1n) is 8.59. The van der Waals surface area contributed by atoms with Gasteiger partial charge in [-0.2, -0.15) is 0 Å². The minimum Gasteiger partial charge on any atom is -0.367 e. The van der Waals surface area contributed by atoms with Gasteiger partial charge in [0.2, 0.25) is 0 Å². The second-order valence-electron chi connectivity index (χ2n) is 6.22. The van der Waals surface area contributed by atoms with E-state index in [1.165, 1.54) is 5.56 Å². The highest BCUT2D eigenvalue weighted by molar-refractivity contribution is 9.10. The van der Waals surface area contributed by atoms with E-state index in [4.69, 9.17) is 15.7 Å². The fourth-order valence-corrected chi connectivity index (χ4v) is 4.39. The molecule has 3 N–H and O–H groups in total. The molecule has 3 aromatic heterocycles. The molecule has 0 spiro atoms. The molecule has 0 aliphatic heterocycles. The molecule has 4 aromatic rings. The van der Waals surface area contributed by atoms with Gasteiger partial charge >= 0.3 is 0 Å². The van der Waals surface area contributed by atoms with Crippen LogP contribution in [0.2, 0.25) is 0 Å². The van der Waals surface area contributed by atoms with Crippen LogP contribution < -0.4 is 11.1 Å². The highest BCUT2D eigenvalue weighted by Crippen LogP contribution is 2.34. The van der Waals surface area contributed by atoms with Gasteiger partial charge in [0, 0.05) is 35.9 Å². The topological polar surface area (TPSA) is 76.7 Å². The standard InChI is InChI=1S/C20H18BrN5S/c21-16-12-27-18-17(16)25-19(14-6-8-23-9-7-14)26-20(18)24-11-15(22)10-13-4-2-1-3-5-13/h1-9,12,15H,10-11,22H2,(H,24,25,26). The minimum absolute atomic E-state index is 0.00908. The van der Waals surface area contributed by atoms with Crippen molar-refractivity contribution in [3.8, 4) is 11.4 Å². The van der Waals surface area contributed by atoms with Crippen LogP contribution >= 0.6 is 27.3 Å². The maximum Gasteiger partial charge on any atom is 0.162 e. The molecule has 5 nitrogen and oxygen atoms in total. The van der Waals surface area contributed by atoms with Gasteiger partial charge in [-0.25, -0.2) is 9.97 Å². The van der Waals surface area contributed by atoms with Crippen LogP contribution in [0.3, 0.4) is 0 Å². The Kier molecular flexibility index (Phi) is 5.42. The Labute approximate surface area is 169 Å². The Bertz CT molecular complexity index is 1040. The first kappa shape index (κ1) is 18.0. The second-order valence-corrected chi connectivity index (χ2v) is 7.96. The van der Waals surface area contributed by atoms with E-state index in [9.17, 15) is 0 Å². The molecule has 136 valence electrons. The molecule has 4 rings (SSSR count). The van der Waals surface area contributed by atoms with Crippen LogP contribution in [0.5, 0.6) is 0 Å². The lowest BCUT2D eigenvalue weighted by Gasteiger charge is -2.14. The van der Waals surface area contributed by atoms with Gasteiger partial charge in [-0.05, 0) is 40.0 Å². The van der Waals surface area contributed by atoms with Gasteiger partial charge in [0.25, 0.3) is 0 Å². The molecular formula is C20H18BrN5S. The third-order valence-corrected chi connectivity index (χ3v) is 6.07. The molecule has 0 saturated heterocycles. The molecule has 27 heavy (non-hydrogen) atoms. The number of anilines is 1. The summed E-state index contributed by atoms with van der Waals surface area (Å²) in [6.07, 6.45) is 4.30. The first-order valence-corrected chi connectivity index (χ1v) is 10.3. The van der Waals surface area contributed by atoms with Gasteiger partial charge in [-0.15, -0.1) is 11.3 Å². The van der Waals surface area contributed by atoms with Gasteiger partial charge in [0.1, 0.15) is 11.3 Å². The van der Waals surface area contributed by atoms with E-state index in [0.717, 1.165) is 32.5 Å². The van der Waals surface area contributed by atoms with Crippen molar-refractivity contribution in [1.82, 2.24) is 15.0 Å². The summed E-state index contributed by atoms with van der Waals surface area (Å²) in [4.78, 5) is 13.5. The van der Waals surface area contributed by atoms with Crippen LogP contribution in [0, 0.1) is 0 Å². The summed E-state index contributed by atoms with van der Waals surface area (Å²) < 4.78 is 1.99. The first-order chi connectivity index (χ1) is 13.2. The third kappa shape index (κ3) is 4.16. The molecular weight excluding hydrogens is 422 g/mol. The van der Waals surface area contributed by atoms with Gasteiger partial charge in [0.15, 0.2) is 5.82 Å². The molecule has 1 atom stereocenters. The predicted molar refractivity (Wildman–Crippen MR) is 115 cm³/mol. The lowest BCUT2D eigenvalue weighted by atomic mass is 10.1. The summed E-state index contributed by atoms with van der Waals surface area (Å²) in [5, 5.41) is 5.46. The van der Waals surface area contributed by atoms with Gasteiger partial charge < -0.3 is 11.1 Å². The third-order valence-electron chi connectivity index (χ3n) is 4.18. The van der Waals surface area contributed by atoms with Crippen LogP contribution in [-0.2, 0) is 6.42 Å². The Balaban J connectivity index is 1.59. The van der Waals surface area contributed by atoms with E-state index in [1.807, 2.05) is 35.7 Å². The molecule has 0 amide bonds. The summed E-state index contributed by atoms with van der Waals surface area (Å²) in [6.45, 7) is 0.631. The van der Waals surface area contributed by atoms with Crippen molar-refractivity contribution in [2.24, 2.45) is 5.73 Å². The number of nitrogens with one attached hydrogen (secondary N) is 1. The lowest BCUT2D eigenvalue weighted by Crippen LogP contribution is -2.31. The Hall–Kier alpha value is -2.35. The minimum atomic E-state index is -0.00908. The van der Waals surface area contributed by atoms with Gasteiger partial charge in [0.05, 0.1) is 9.17 Å². The van der Waals surface area contributed by atoms with Crippen molar-refractivity contribution in [3.05, 3.63) is 70.3 Å². The van der Waals surface area contributed by atoms with Gasteiger partial charge in [-0.3, -0.25) is 4.98 Å². The smallest absolute Gasteiger partial charge is 0.162 e. The van der Waals surface area contributed by atoms with E-state index in [0.29, 0.717) is 12.4 Å². The summed E-state index contributed by atoms with van der Waals surface area (Å²) in [5.41, 5.74) is 9.40. The fraction of sp³-hybridized carbons (Fsp3) is 0.150. The number of halogens is 1. The number of aromatic nitrogens is 3. The number of fused-ring (bicyclic) bond motifs is 1. The summed E-state index contributed by atoms with van der Waals surface area (Å²) in [6, 6.07) is 14.1. The predicted octanol–water partition coefficient (Wildman–Crippen LogP) is 4.50. The average Bonchev–Trinajstić information content (AvgIpc) is 3.08. The van der Waals surface area contributed by atoms with Gasteiger partial charge in [-0.1, -0.05) is 30.3 Å². The van der Waals surface area contributed by atoms with E-state index in [1.54, 1.807) is 23.7 Å². The molecule has 0 bridgehead atoms. The largest absolute Gasteiger partial charge is 0.367 e. The van der Waals surface area contributed by atoms with E-state index >= 15 is 0 Å². The van der Waals surface area contributed by atoms with Crippen molar-refractivity contribution >= 4 is 43.3 Å². The average molecular weight is 440 g/mol. The molecule has 0 aliphatic carbocycles. The Morgan fingerprint density at radius 2 is 1.85 bits per heavy atom. The van der Waals surface area contributed by atoms with E-state index in [2.05, 4.69) is 38.4 Å². The van der Waals surface area contributed by atoms with Crippen LogP contribution in [0.4, 0.5) is 5.82 Å². The normalized spacial score (nSPS) is 12.2. The van der Waals surface area contributed by atoms with Crippen molar-refractivity contribution in [2.45, 2.75) is 12.5 Å². The molecule has 0 radical (unpaired) electrons. The molecule has 3 heterocycles. The number of nitrogens with zero attached hydrogens (tertiary/aromatic N) is 3. The molecule has 0 saturated carbocycles. The van der Waals surface area contributed by atoms with E-state index < -0.39 is 0 Å². The maximum atomic E-state index is 6.33. The zero-order valence-electron chi connectivity index (χ0n) is 14.5. The van der Waals surface area contributed by atoms with E-state index in [-0.39, 0.29) is 6.04 Å². The van der Waals surface area contributed by atoms with Crippen molar-refractivity contribution in [2.75, 3.05) is 11.9 Å². The summed E-state index contributed by atoms with van der Waals surface area (Å²) in [5.74, 6) is 1.48. The molecule has 1 unspecified atom stereocenters. The number of rotatable bonds is 6. The zero-order chi connectivity index (χ0) is 18.6. The van der Waals surface area contributed by atoms with Crippen molar-refractivity contribution < 1.29 is 0 Å². The van der Waals surface area contributed by atoms with Crippen LogP contribution in [0.25, 0.3) is 21.6 Å². The highest BCUT2D eigenvalue weighted by Gasteiger charge is 2.14. The fourth-order valence-electron chi connectivity index (χ4n) is 2.86. The lowest BCUT2D eigenvalue weighted by molar-refractivity contribution is 0.698. The summed E-state index contributed by atoms with van der Waals surface area (Å²) >= 11 is 5.20. The molecule has 1 aromatic carbocycles. The SMILES string of the molecule is NC(CNc1nc(-c2ccncc2)nc2c(Br)csc12)Cc1ccccc1. The van der Waals surface area contributed by atoms with Crippen LogP contribution in [-0.4, -0.2) is 27.5 Å². The molecule has 7 heteroatoms. The molecule has 0 aliphatic rings. The number of hydrogen-bond acceptors (Lipinski definition) is 6. The number of nitrogens with two attached hydrogens (primary N) is 1. The number of thiophene rings is 1. The second kappa shape index (κ2) is 8.12. The highest BCUT2D eigenvalue weighted by atomic mass is 79.9. The quantitative estimate of drug-likeness (QED) is 0.462. The maximum absolute atomic E-state index is 6.33. The monoisotopic (exact) mass is 439 g/mol. The Morgan fingerprint density at radius 3 is 2.63 bits per heavy atom. The molecule has 0 fully saturated rings.